The molecule has 0 atom stereocenters. The number of rotatable bonds is 6. The Labute approximate surface area is 177 Å². The van der Waals surface area contributed by atoms with Gasteiger partial charge in [-0.1, -0.05) is 23.4 Å². The summed E-state index contributed by atoms with van der Waals surface area (Å²) in [5.74, 6) is 0.361. The number of esters is 1. The van der Waals surface area contributed by atoms with Crippen molar-refractivity contribution < 1.29 is 14.3 Å². The fourth-order valence-electron chi connectivity index (χ4n) is 3.08. The summed E-state index contributed by atoms with van der Waals surface area (Å²) in [6.45, 7) is 9.54. The van der Waals surface area contributed by atoms with Gasteiger partial charge in [0.1, 0.15) is 15.3 Å². The van der Waals surface area contributed by atoms with Crippen LogP contribution in [-0.4, -0.2) is 34.4 Å². The van der Waals surface area contributed by atoms with Crippen molar-refractivity contribution >= 4 is 39.3 Å². The number of carbonyl (C=O) groups is 1. The highest BCUT2D eigenvalue weighted by Crippen LogP contribution is 2.41. The van der Waals surface area contributed by atoms with Crippen molar-refractivity contribution in [2.45, 2.75) is 44.5 Å². The number of methoxy groups -OCH3 is 1. The number of nitrogens with zero attached hydrogens (tertiary/aromatic N) is 1. The van der Waals surface area contributed by atoms with E-state index in [1.54, 1.807) is 27.9 Å². The largest absolute Gasteiger partial charge is 0.496 e. The van der Waals surface area contributed by atoms with Gasteiger partial charge < -0.3 is 14.5 Å². The number of hydrogen-bond donors (Lipinski definition) is 1. The zero-order valence-corrected chi connectivity index (χ0v) is 19.0. The molecule has 0 saturated heterocycles. The van der Waals surface area contributed by atoms with E-state index >= 15 is 0 Å². The van der Waals surface area contributed by atoms with Crippen LogP contribution in [0.2, 0.25) is 0 Å². The van der Waals surface area contributed by atoms with E-state index < -0.39 is 4.75 Å². The van der Waals surface area contributed by atoms with E-state index in [0.717, 1.165) is 21.6 Å². The summed E-state index contributed by atoms with van der Waals surface area (Å²) >= 11 is 2.64. The van der Waals surface area contributed by atoms with E-state index in [1.165, 1.54) is 23.1 Å². The lowest BCUT2D eigenvalue weighted by atomic mass is 10.0. The maximum atomic E-state index is 13.0. The van der Waals surface area contributed by atoms with Crippen molar-refractivity contribution in [2.24, 2.45) is 0 Å². The van der Waals surface area contributed by atoms with Crippen molar-refractivity contribution in [3.8, 4) is 16.9 Å². The first-order valence-corrected chi connectivity index (χ1v) is 10.9. The molecule has 29 heavy (non-hydrogen) atoms. The number of thiophene rings is 1. The summed E-state index contributed by atoms with van der Waals surface area (Å²) in [6.07, 6.45) is 0. The Morgan fingerprint density at radius 2 is 2.03 bits per heavy atom. The molecule has 0 bridgehead atoms. The van der Waals surface area contributed by atoms with E-state index in [-0.39, 0.29) is 11.5 Å². The molecule has 2 aromatic heterocycles. The standard InChI is InChI=1S/C21H24N2O4S2/c1-7-27-19(25)21(4,5)29-20-22-17(24)16-15(12(3)28-18(16)23-20)13-10-11(2)8-9-14(13)26-6/h8-10H,7H2,1-6H3,(H,22,23,24). The fraction of sp³-hybridized carbons (Fsp3) is 0.381. The topological polar surface area (TPSA) is 81.3 Å². The quantitative estimate of drug-likeness (QED) is 0.345. The van der Waals surface area contributed by atoms with Crippen molar-refractivity contribution in [1.29, 1.82) is 0 Å². The number of aryl methyl sites for hydroxylation is 2. The molecule has 154 valence electrons. The summed E-state index contributed by atoms with van der Waals surface area (Å²) in [5.41, 5.74) is 2.55. The number of aromatic amines is 1. The molecule has 0 aliphatic carbocycles. The van der Waals surface area contributed by atoms with Crippen LogP contribution in [0.1, 0.15) is 31.2 Å². The summed E-state index contributed by atoms with van der Waals surface area (Å²) < 4.78 is 9.78. The van der Waals surface area contributed by atoms with Crippen LogP contribution >= 0.6 is 23.1 Å². The molecule has 0 radical (unpaired) electrons. The van der Waals surface area contributed by atoms with Crippen LogP contribution in [0.5, 0.6) is 5.75 Å². The number of hydrogen-bond acceptors (Lipinski definition) is 7. The molecule has 2 heterocycles. The van der Waals surface area contributed by atoms with Gasteiger partial charge in [0.15, 0.2) is 5.16 Å². The third-order valence-electron chi connectivity index (χ3n) is 4.46. The Bertz CT molecular complexity index is 1130. The average molecular weight is 433 g/mol. The van der Waals surface area contributed by atoms with Crippen molar-refractivity contribution in [2.75, 3.05) is 13.7 Å². The first kappa shape index (κ1) is 21.4. The van der Waals surface area contributed by atoms with Crippen molar-refractivity contribution in [3.63, 3.8) is 0 Å². The van der Waals surface area contributed by atoms with Gasteiger partial charge >= 0.3 is 5.97 Å². The summed E-state index contributed by atoms with van der Waals surface area (Å²) in [7, 11) is 1.62. The Kier molecular flexibility index (Phi) is 6.05. The smallest absolute Gasteiger partial charge is 0.322 e. The Balaban J connectivity index is 2.12. The van der Waals surface area contributed by atoms with Crippen LogP contribution in [0.25, 0.3) is 21.3 Å². The minimum atomic E-state index is -0.867. The molecular weight excluding hydrogens is 408 g/mol. The van der Waals surface area contributed by atoms with E-state index in [0.29, 0.717) is 27.7 Å². The molecule has 0 aliphatic heterocycles. The maximum Gasteiger partial charge on any atom is 0.322 e. The lowest BCUT2D eigenvalue weighted by Gasteiger charge is -2.20. The summed E-state index contributed by atoms with van der Waals surface area (Å²) in [4.78, 5) is 34.3. The van der Waals surface area contributed by atoms with E-state index in [9.17, 15) is 9.59 Å². The molecule has 0 amide bonds. The second-order valence-corrected chi connectivity index (χ2v) is 9.94. The van der Waals surface area contributed by atoms with Gasteiger partial charge in [0.2, 0.25) is 0 Å². The second kappa shape index (κ2) is 8.20. The molecule has 0 spiro atoms. The van der Waals surface area contributed by atoms with E-state index in [2.05, 4.69) is 9.97 Å². The number of thioether (sulfide) groups is 1. The third kappa shape index (κ3) is 4.18. The van der Waals surface area contributed by atoms with E-state index in [4.69, 9.17) is 9.47 Å². The highest BCUT2D eigenvalue weighted by atomic mass is 32.2. The lowest BCUT2D eigenvalue weighted by Crippen LogP contribution is -2.30. The number of fused-ring (bicyclic) bond motifs is 1. The average Bonchev–Trinajstić information content (AvgIpc) is 2.97. The molecule has 0 aliphatic rings. The van der Waals surface area contributed by atoms with Crippen LogP contribution in [0, 0.1) is 13.8 Å². The van der Waals surface area contributed by atoms with Gasteiger partial charge in [0.05, 0.1) is 19.1 Å². The molecule has 1 aromatic carbocycles. The molecule has 0 fully saturated rings. The fourth-order valence-corrected chi connectivity index (χ4v) is 5.08. The third-order valence-corrected chi connectivity index (χ3v) is 6.52. The second-order valence-electron chi connectivity index (χ2n) is 7.12. The number of H-pyrrole nitrogens is 1. The number of carbonyl (C=O) groups excluding carboxylic acids is 1. The first-order valence-electron chi connectivity index (χ1n) is 9.22. The molecular formula is C21H24N2O4S2. The molecule has 3 aromatic rings. The van der Waals surface area contributed by atoms with Crippen LogP contribution in [0.3, 0.4) is 0 Å². The van der Waals surface area contributed by atoms with Gasteiger partial charge in [-0.3, -0.25) is 9.59 Å². The number of nitrogens with one attached hydrogen (secondary N) is 1. The van der Waals surface area contributed by atoms with Gasteiger partial charge in [0.25, 0.3) is 5.56 Å². The van der Waals surface area contributed by atoms with Gasteiger partial charge in [-0.05, 0) is 46.8 Å². The molecule has 8 heteroatoms. The van der Waals surface area contributed by atoms with Gasteiger partial charge in [-0.25, -0.2) is 4.98 Å². The van der Waals surface area contributed by atoms with Crippen LogP contribution in [-0.2, 0) is 9.53 Å². The van der Waals surface area contributed by atoms with Crippen LogP contribution in [0.15, 0.2) is 28.2 Å². The molecule has 6 nitrogen and oxygen atoms in total. The van der Waals surface area contributed by atoms with Gasteiger partial charge in [-0.2, -0.15) is 0 Å². The predicted octanol–water partition coefficient (Wildman–Crippen LogP) is 4.71. The number of aromatic nitrogens is 2. The normalized spacial score (nSPS) is 11.7. The van der Waals surface area contributed by atoms with Crippen molar-refractivity contribution in [3.05, 3.63) is 39.0 Å². The zero-order chi connectivity index (χ0) is 21.3. The zero-order valence-electron chi connectivity index (χ0n) is 17.3. The predicted molar refractivity (Wildman–Crippen MR) is 118 cm³/mol. The summed E-state index contributed by atoms with van der Waals surface area (Å²) in [5, 5.41) is 0.930. The van der Waals surface area contributed by atoms with Crippen molar-refractivity contribution in [1.82, 2.24) is 9.97 Å². The Morgan fingerprint density at radius 1 is 1.31 bits per heavy atom. The van der Waals surface area contributed by atoms with Crippen LogP contribution in [0.4, 0.5) is 0 Å². The monoisotopic (exact) mass is 432 g/mol. The highest BCUT2D eigenvalue weighted by Gasteiger charge is 2.32. The number of benzene rings is 1. The molecule has 0 unspecified atom stereocenters. The molecule has 3 rings (SSSR count). The molecule has 0 saturated carbocycles. The van der Waals surface area contributed by atoms with Gasteiger partial charge in [0, 0.05) is 16.0 Å². The highest BCUT2D eigenvalue weighted by molar-refractivity contribution is 8.01. The maximum absolute atomic E-state index is 13.0. The molecule has 1 N–H and O–H groups in total. The SMILES string of the molecule is CCOC(=O)C(C)(C)Sc1nc2sc(C)c(-c3cc(C)ccc3OC)c2c(=O)[nH]1. The summed E-state index contributed by atoms with van der Waals surface area (Å²) in [6, 6.07) is 5.89. The first-order chi connectivity index (χ1) is 13.7. The van der Waals surface area contributed by atoms with Crippen LogP contribution < -0.4 is 10.3 Å². The van der Waals surface area contributed by atoms with E-state index in [1.807, 2.05) is 32.0 Å². The van der Waals surface area contributed by atoms with Gasteiger partial charge in [-0.15, -0.1) is 11.3 Å². The minimum absolute atomic E-state index is 0.236. The number of ether oxygens (including phenoxy) is 2. The minimum Gasteiger partial charge on any atom is -0.496 e. The lowest BCUT2D eigenvalue weighted by molar-refractivity contribution is -0.145. The Morgan fingerprint density at radius 3 is 2.69 bits per heavy atom. The Hall–Kier alpha value is -2.32.